The molecule has 5 heteroatoms. The summed E-state index contributed by atoms with van der Waals surface area (Å²) in [7, 11) is 0. The topological polar surface area (TPSA) is 60.9 Å². The molecule has 0 bridgehead atoms. The number of carboxylic acid groups (broad SMARTS) is 1. The van der Waals surface area contributed by atoms with E-state index in [1.165, 1.54) is 25.7 Å². The third kappa shape index (κ3) is 2.24. The summed E-state index contributed by atoms with van der Waals surface area (Å²) in [6.45, 7) is 3.22. The fourth-order valence-electron chi connectivity index (χ4n) is 3.51. The molecular formula is C14H22N2O3. The van der Waals surface area contributed by atoms with E-state index in [-0.39, 0.29) is 5.91 Å². The highest BCUT2D eigenvalue weighted by Crippen LogP contribution is 2.47. The minimum atomic E-state index is -1.06. The molecule has 1 N–H and O–H groups in total. The number of hydrogen-bond acceptors (Lipinski definition) is 3. The zero-order chi connectivity index (χ0) is 13.5. The number of carbonyl (C=O) groups excluding carboxylic acids is 1. The first-order valence-corrected chi connectivity index (χ1v) is 7.40. The summed E-state index contributed by atoms with van der Waals surface area (Å²) >= 11 is 0. The minimum Gasteiger partial charge on any atom is -0.480 e. The Bertz CT molecular complexity index is 378. The van der Waals surface area contributed by atoms with Gasteiger partial charge in [0, 0.05) is 32.2 Å². The van der Waals surface area contributed by atoms with Crippen molar-refractivity contribution in [3.8, 4) is 0 Å². The fourth-order valence-corrected chi connectivity index (χ4v) is 3.51. The molecule has 5 nitrogen and oxygen atoms in total. The third-order valence-electron chi connectivity index (χ3n) is 5.01. The van der Waals surface area contributed by atoms with Crippen LogP contribution in [0.3, 0.4) is 0 Å². The molecule has 1 amide bonds. The third-order valence-corrected chi connectivity index (χ3v) is 5.01. The number of hydrogen-bond donors (Lipinski definition) is 1. The number of aliphatic carboxylic acids is 1. The van der Waals surface area contributed by atoms with Gasteiger partial charge in [-0.1, -0.05) is 12.8 Å². The smallest absolute Gasteiger partial charge is 0.319 e. The van der Waals surface area contributed by atoms with E-state index in [2.05, 4.69) is 4.90 Å². The van der Waals surface area contributed by atoms with Crippen LogP contribution in [0.15, 0.2) is 0 Å². The van der Waals surface area contributed by atoms with Crippen molar-refractivity contribution >= 4 is 11.9 Å². The SMILES string of the molecule is O=C(O)C1(C(=O)N2CCN(C3CCCC3)CC2)CC1. The van der Waals surface area contributed by atoms with Crippen LogP contribution in [0.5, 0.6) is 0 Å². The summed E-state index contributed by atoms with van der Waals surface area (Å²) in [5.74, 6) is -1.08. The van der Waals surface area contributed by atoms with Gasteiger partial charge in [-0.3, -0.25) is 14.5 Å². The van der Waals surface area contributed by atoms with Crippen LogP contribution in [-0.2, 0) is 9.59 Å². The molecule has 0 aromatic heterocycles. The van der Waals surface area contributed by atoms with Crippen molar-refractivity contribution in [2.75, 3.05) is 26.2 Å². The Hall–Kier alpha value is -1.10. The van der Waals surface area contributed by atoms with Gasteiger partial charge in [0.05, 0.1) is 0 Å². The molecular weight excluding hydrogens is 244 g/mol. The number of rotatable bonds is 3. The minimum absolute atomic E-state index is 0.147. The second kappa shape index (κ2) is 4.78. The van der Waals surface area contributed by atoms with Gasteiger partial charge < -0.3 is 10.0 Å². The van der Waals surface area contributed by atoms with Gasteiger partial charge in [-0.15, -0.1) is 0 Å². The van der Waals surface area contributed by atoms with Crippen LogP contribution in [0.2, 0.25) is 0 Å². The van der Waals surface area contributed by atoms with Gasteiger partial charge in [-0.25, -0.2) is 0 Å². The van der Waals surface area contributed by atoms with Crippen LogP contribution in [0, 0.1) is 5.41 Å². The maximum atomic E-state index is 12.3. The maximum Gasteiger partial charge on any atom is 0.319 e. The predicted octanol–water partition coefficient (Wildman–Crippen LogP) is 0.938. The summed E-state index contributed by atoms with van der Waals surface area (Å²) in [6, 6.07) is 0.701. The van der Waals surface area contributed by atoms with Crippen LogP contribution in [0.1, 0.15) is 38.5 Å². The molecule has 0 radical (unpaired) electrons. The Labute approximate surface area is 113 Å². The van der Waals surface area contributed by atoms with Crippen LogP contribution in [0.25, 0.3) is 0 Å². The zero-order valence-electron chi connectivity index (χ0n) is 11.3. The molecule has 2 aliphatic carbocycles. The largest absolute Gasteiger partial charge is 0.480 e. The van der Waals surface area contributed by atoms with E-state index in [0.717, 1.165) is 13.1 Å². The Morgan fingerprint density at radius 1 is 1.00 bits per heavy atom. The molecule has 2 saturated carbocycles. The number of piperazine rings is 1. The summed E-state index contributed by atoms with van der Waals surface area (Å²) in [5, 5.41) is 9.17. The Morgan fingerprint density at radius 2 is 1.58 bits per heavy atom. The summed E-state index contributed by atoms with van der Waals surface area (Å²) in [4.78, 5) is 27.7. The Kier molecular flexibility index (Phi) is 3.25. The summed E-state index contributed by atoms with van der Waals surface area (Å²) in [5.41, 5.74) is -1.06. The first-order valence-electron chi connectivity index (χ1n) is 7.40. The molecule has 0 unspecified atom stereocenters. The van der Waals surface area contributed by atoms with Crippen molar-refractivity contribution in [2.24, 2.45) is 5.41 Å². The lowest BCUT2D eigenvalue weighted by atomic mass is 10.0. The number of nitrogens with zero attached hydrogens (tertiary/aromatic N) is 2. The first-order chi connectivity index (χ1) is 9.13. The standard InChI is InChI=1S/C14H22N2O3/c17-12(14(5-6-14)13(18)19)16-9-7-15(8-10-16)11-3-1-2-4-11/h11H,1-10H2,(H,18,19). The second-order valence-corrected chi connectivity index (χ2v) is 6.15. The van der Waals surface area contributed by atoms with E-state index < -0.39 is 11.4 Å². The van der Waals surface area contributed by atoms with Crippen LogP contribution in [0.4, 0.5) is 0 Å². The van der Waals surface area contributed by atoms with Gasteiger partial charge in [-0.05, 0) is 25.7 Å². The van der Waals surface area contributed by atoms with Crippen molar-refractivity contribution in [2.45, 2.75) is 44.6 Å². The first kappa shape index (κ1) is 12.9. The number of amides is 1. The monoisotopic (exact) mass is 266 g/mol. The number of carbonyl (C=O) groups is 2. The van der Waals surface area contributed by atoms with Gasteiger partial charge >= 0.3 is 5.97 Å². The molecule has 3 fully saturated rings. The van der Waals surface area contributed by atoms with Crippen LogP contribution >= 0.6 is 0 Å². The lowest BCUT2D eigenvalue weighted by molar-refractivity contribution is -0.154. The predicted molar refractivity (Wildman–Crippen MR) is 69.7 cm³/mol. The zero-order valence-corrected chi connectivity index (χ0v) is 11.3. The van der Waals surface area contributed by atoms with Crippen molar-refractivity contribution < 1.29 is 14.7 Å². The molecule has 1 aliphatic heterocycles. The van der Waals surface area contributed by atoms with Crippen molar-refractivity contribution in [1.29, 1.82) is 0 Å². The summed E-state index contributed by atoms with van der Waals surface area (Å²) in [6.07, 6.45) is 6.26. The highest BCUT2D eigenvalue weighted by atomic mass is 16.4. The maximum absolute atomic E-state index is 12.3. The van der Waals surface area contributed by atoms with Crippen LogP contribution < -0.4 is 0 Å². The Balaban J connectivity index is 1.55. The molecule has 3 aliphatic rings. The molecule has 1 heterocycles. The molecule has 1 saturated heterocycles. The molecule has 0 atom stereocenters. The number of carboxylic acids is 1. The molecule has 19 heavy (non-hydrogen) atoms. The average Bonchev–Trinajstić information content (AvgIpc) is 3.07. The molecule has 0 aromatic carbocycles. The van der Waals surface area contributed by atoms with Gasteiger partial charge in [-0.2, -0.15) is 0 Å². The summed E-state index contributed by atoms with van der Waals surface area (Å²) < 4.78 is 0. The molecule has 0 spiro atoms. The van der Waals surface area contributed by atoms with Crippen molar-refractivity contribution in [1.82, 2.24) is 9.80 Å². The van der Waals surface area contributed by atoms with E-state index in [1.807, 2.05) is 0 Å². The normalized spacial score (nSPS) is 27.5. The van der Waals surface area contributed by atoms with Crippen LogP contribution in [-0.4, -0.2) is 59.0 Å². The molecule has 0 aromatic rings. The highest BCUT2D eigenvalue weighted by Gasteiger charge is 2.58. The van der Waals surface area contributed by atoms with Gasteiger partial charge in [0.1, 0.15) is 5.41 Å². The van der Waals surface area contributed by atoms with Gasteiger partial charge in [0.15, 0.2) is 0 Å². The average molecular weight is 266 g/mol. The Morgan fingerprint density at radius 3 is 2.05 bits per heavy atom. The van der Waals surface area contributed by atoms with E-state index in [1.54, 1.807) is 4.90 Å². The lowest BCUT2D eigenvalue weighted by Crippen LogP contribution is -2.53. The van der Waals surface area contributed by atoms with E-state index in [9.17, 15) is 14.7 Å². The lowest BCUT2D eigenvalue weighted by Gasteiger charge is -2.38. The van der Waals surface area contributed by atoms with E-state index in [4.69, 9.17) is 0 Å². The fraction of sp³-hybridized carbons (Fsp3) is 0.857. The highest BCUT2D eigenvalue weighted by molar-refractivity contribution is 6.04. The van der Waals surface area contributed by atoms with E-state index in [0.29, 0.717) is 32.0 Å². The van der Waals surface area contributed by atoms with Crippen molar-refractivity contribution in [3.05, 3.63) is 0 Å². The molecule has 106 valence electrons. The van der Waals surface area contributed by atoms with E-state index >= 15 is 0 Å². The molecule has 3 rings (SSSR count). The van der Waals surface area contributed by atoms with Gasteiger partial charge in [0.2, 0.25) is 5.91 Å². The van der Waals surface area contributed by atoms with Gasteiger partial charge in [0.25, 0.3) is 0 Å². The van der Waals surface area contributed by atoms with Crippen molar-refractivity contribution in [3.63, 3.8) is 0 Å². The quantitative estimate of drug-likeness (QED) is 0.772. The second-order valence-electron chi connectivity index (χ2n) is 6.15.